The third-order valence-electron chi connectivity index (χ3n) is 3.77. The molecular weight excluding hydrogens is 388 g/mol. The van der Waals surface area contributed by atoms with Crippen LogP contribution < -0.4 is 0 Å². The van der Waals surface area contributed by atoms with Crippen LogP contribution in [0.1, 0.15) is 23.1 Å². The Morgan fingerprint density at radius 2 is 1.83 bits per heavy atom. The van der Waals surface area contributed by atoms with Crippen molar-refractivity contribution in [3.8, 4) is 17.9 Å². The second-order valence-electron chi connectivity index (χ2n) is 5.70. The first-order chi connectivity index (χ1) is 14.0. The molecule has 1 N–H and O–H groups in total. The number of nitriles is 1. The largest absolute Gasteiger partial charge is 0.501 e. The number of hydrogen-bond donors (Lipinski definition) is 1. The van der Waals surface area contributed by atoms with Crippen LogP contribution in [0.2, 0.25) is 0 Å². The van der Waals surface area contributed by atoms with Gasteiger partial charge in [-0.15, -0.1) is 11.3 Å². The summed E-state index contributed by atoms with van der Waals surface area (Å²) in [7, 11) is 0. The number of fused-ring (bicyclic) bond motifs is 1. The lowest BCUT2D eigenvalue weighted by Crippen LogP contribution is -2.13. The van der Waals surface area contributed by atoms with Crippen LogP contribution in [0.3, 0.4) is 0 Å². The quantitative estimate of drug-likeness (QED) is 0.310. The summed E-state index contributed by atoms with van der Waals surface area (Å²) in [6.45, 7) is 1.64. The molecule has 0 saturated carbocycles. The number of rotatable bonds is 4. The summed E-state index contributed by atoms with van der Waals surface area (Å²) in [6, 6.07) is 15.6. The molecular formula is C22H14N2O4S. The van der Waals surface area contributed by atoms with Gasteiger partial charge in [-0.2, -0.15) is 5.26 Å². The zero-order valence-corrected chi connectivity index (χ0v) is 16.1. The van der Waals surface area contributed by atoms with E-state index in [4.69, 9.17) is 10.00 Å². The number of thiazole rings is 1. The lowest BCUT2D eigenvalue weighted by Gasteiger charge is -2.04. The van der Waals surface area contributed by atoms with Crippen molar-refractivity contribution in [3.05, 3.63) is 70.4 Å². The van der Waals surface area contributed by atoms with Gasteiger partial charge >= 0.3 is 5.97 Å². The van der Waals surface area contributed by atoms with Crippen LogP contribution in [0, 0.1) is 23.2 Å². The van der Waals surface area contributed by atoms with Crippen LogP contribution in [0.15, 0.2) is 54.3 Å². The minimum atomic E-state index is -1.02. The molecule has 0 aliphatic carbocycles. The maximum absolute atomic E-state index is 12.8. The van der Waals surface area contributed by atoms with E-state index in [-0.39, 0.29) is 17.2 Å². The molecule has 0 fully saturated rings. The molecule has 1 heterocycles. The molecule has 0 aliphatic rings. The number of hydrogen-bond acceptors (Lipinski definition) is 7. The Hall–Kier alpha value is -3.94. The standard InChI is InChI=1S/C22H14N2O4S/c1-2-28-22(27)20(26)19(21-24-16-5-3-4-6-18(16)29-21)17(25)12-11-14-7-9-15(13-23)10-8-14/h3-10,26H,2H2,1H3. The predicted octanol–water partition coefficient (Wildman–Crippen LogP) is 3.62. The zero-order valence-electron chi connectivity index (χ0n) is 15.3. The van der Waals surface area contributed by atoms with E-state index >= 15 is 0 Å². The normalized spacial score (nSPS) is 11.0. The van der Waals surface area contributed by atoms with Gasteiger partial charge in [0.2, 0.25) is 11.5 Å². The second kappa shape index (κ2) is 8.83. The summed E-state index contributed by atoms with van der Waals surface area (Å²) in [5.41, 5.74) is 1.31. The number of aliphatic hydroxyl groups is 1. The number of ether oxygens (including phenoxy) is 1. The van der Waals surface area contributed by atoms with E-state index in [0.29, 0.717) is 16.6 Å². The van der Waals surface area contributed by atoms with Crippen LogP contribution in [0.4, 0.5) is 0 Å². The van der Waals surface area contributed by atoms with Crippen LogP contribution in [-0.2, 0) is 14.3 Å². The molecule has 3 rings (SSSR count). The molecule has 29 heavy (non-hydrogen) atoms. The summed E-state index contributed by atoms with van der Waals surface area (Å²) in [4.78, 5) is 29.2. The third-order valence-corrected chi connectivity index (χ3v) is 4.83. The predicted molar refractivity (Wildman–Crippen MR) is 109 cm³/mol. The first kappa shape index (κ1) is 19.8. The highest BCUT2D eigenvalue weighted by molar-refractivity contribution is 7.19. The van der Waals surface area contributed by atoms with Crippen molar-refractivity contribution >= 4 is 38.9 Å². The summed E-state index contributed by atoms with van der Waals surface area (Å²) < 4.78 is 5.61. The van der Waals surface area contributed by atoms with Crippen molar-refractivity contribution in [3.63, 3.8) is 0 Å². The summed E-state index contributed by atoms with van der Waals surface area (Å²) >= 11 is 1.16. The van der Waals surface area contributed by atoms with Gasteiger partial charge in [-0.05, 0) is 49.2 Å². The van der Waals surface area contributed by atoms with E-state index < -0.39 is 17.5 Å². The van der Waals surface area contributed by atoms with Crippen molar-refractivity contribution in [1.82, 2.24) is 4.98 Å². The van der Waals surface area contributed by atoms with Crippen LogP contribution in [0.25, 0.3) is 15.8 Å². The number of nitrogens with zero attached hydrogens (tertiary/aromatic N) is 2. The topological polar surface area (TPSA) is 100 Å². The molecule has 0 aliphatic heterocycles. The highest BCUT2D eigenvalue weighted by Gasteiger charge is 2.25. The molecule has 2 aromatic carbocycles. The Morgan fingerprint density at radius 1 is 1.14 bits per heavy atom. The van der Waals surface area contributed by atoms with Gasteiger partial charge in [0.25, 0.3) is 0 Å². The first-order valence-electron chi connectivity index (χ1n) is 8.56. The summed E-state index contributed by atoms with van der Waals surface area (Å²) in [6.07, 6.45) is 0. The van der Waals surface area contributed by atoms with E-state index in [1.165, 1.54) is 0 Å². The number of aromatic nitrogens is 1. The SMILES string of the molecule is CCOC(=O)C(O)=C(C(=O)C#Cc1ccc(C#N)cc1)c1nc2ccccc2s1. The highest BCUT2D eigenvalue weighted by Crippen LogP contribution is 2.29. The van der Waals surface area contributed by atoms with E-state index in [1.807, 2.05) is 18.2 Å². The molecule has 0 atom stereocenters. The van der Waals surface area contributed by atoms with Crippen molar-refractivity contribution in [2.45, 2.75) is 6.92 Å². The zero-order chi connectivity index (χ0) is 20.8. The average Bonchev–Trinajstić information content (AvgIpc) is 3.16. The van der Waals surface area contributed by atoms with Gasteiger partial charge in [-0.25, -0.2) is 9.78 Å². The lowest BCUT2D eigenvalue weighted by atomic mass is 10.1. The number of esters is 1. The van der Waals surface area contributed by atoms with Crippen molar-refractivity contribution in [2.75, 3.05) is 6.61 Å². The molecule has 0 bridgehead atoms. The number of Topliss-reactive ketones (excluding diaryl/α,β-unsaturated/α-hetero) is 1. The van der Waals surface area contributed by atoms with E-state index in [0.717, 1.165) is 16.0 Å². The Balaban J connectivity index is 2.04. The second-order valence-corrected chi connectivity index (χ2v) is 6.73. The maximum Gasteiger partial charge on any atom is 0.374 e. The minimum absolute atomic E-state index is 0.0428. The van der Waals surface area contributed by atoms with E-state index in [2.05, 4.69) is 16.8 Å². The number of ketones is 1. The van der Waals surface area contributed by atoms with Gasteiger partial charge in [-0.3, -0.25) is 4.79 Å². The molecule has 0 spiro atoms. The highest BCUT2D eigenvalue weighted by atomic mass is 32.1. The van der Waals surface area contributed by atoms with Crippen molar-refractivity contribution in [2.24, 2.45) is 0 Å². The molecule has 3 aromatic rings. The van der Waals surface area contributed by atoms with Gasteiger partial charge in [0.15, 0.2) is 0 Å². The Bertz CT molecular complexity index is 1190. The molecule has 0 radical (unpaired) electrons. The van der Waals surface area contributed by atoms with Gasteiger partial charge in [-0.1, -0.05) is 18.1 Å². The fourth-order valence-electron chi connectivity index (χ4n) is 2.41. The summed E-state index contributed by atoms with van der Waals surface area (Å²) in [5, 5.41) is 19.4. The van der Waals surface area contributed by atoms with E-state index in [1.54, 1.807) is 43.3 Å². The number of allylic oxidation sites excluding steroid dienone is 1. The van der Waals surface area contributed by atoms with Crippen LogP contribution in [-0.4, -0.2) is 28.4 Å². The van der Waals surface area contributed by atoms with Crippen molar-refractivity contribution in [1.29, 1.82) is 5.26 Å². The first-order valence-corrected chi connectivity index (χ1v) is 9.38. The number of benzene rings is 2. The van der Waals surface area contributed by atoms with Crippen molar-refractivity contribution < 1.29 is 19.4 Å². The van der Waals surface area contributed by atoms with Crippen LogP contribution >= 0.6 is 11.3 Å². The third kappa shape index (κ3) is 4.49. The fourth-order valence-corrected chi connectivity index (χ4v) is 3.41. The Morgan fingerprint density at radius 3 is 2.48 bits per heavy atom. The molecule has 6 nitrogen and oxygen atoms in total. The fraction of sp³-hybridized carbons (Fsp3) is 0.0909. The van der Waals surface area contributed by atoms with Gasteiger partial charge in [0, 0.05) is 5.56 Å². The summed E-state index contributed by atoms with van der Waals surface area (Å²) in [5.74, 6) is 2.49. The van der Waals surface area contributed by atoms with Gasteiger partial charge in [0.1, 0.15) is 10.6 Å². The molecule has 142 valence electrons. The number of aliphatic hydroxyl groups excluding tert-OH is 1. The number of para-hydroxylation sites is 1. The Kier molecular flexibility index (Phi) is 6.03. The van der Waals surface area contributed by atoms with E-state index in [9.17, 15) is 14.7 Å². The molecule has 0 unspecified atom stereocenters. The molecule has 0 amide bonds. The monoisotopic (exact) mass is 402 g/mol. The molecule has 7 heteroatoms. The maximum atomic E-state index is 12.8. The smallest absolute Gasteiger partial charge is 0.374 e. The lowest BCUT2D eigenvalue weighted by molar-refractivity contribution is -0.141. The van der Waals surface area contributed by atoms with Crippen LogP contribution in [0.5, 0.6) is 0 Å². The van der Waals surface area contributed by atoms with Gasteiger partial charge < -0.3 is 9.84 Å². The van der Waals surface area contributed by atoms with Gasteiger partial charge in [0.05, 0.1) is 28.5 Å². The molecule has 0 saturated heterocycles. The number of carbonyl (C=O) groups is 2. The Labute approximate surface area is 170 Å². The molecule has 1 aromatic heterocycles. The number of carbonyl (C=O) groups excluding carboxylic acids is 2. The minimum Gasteiger partial charge on any atom is -0.501 e. The average molecular weight is 402 g/mol.